The topological polar surface area (TPSA) is 166 Å². The zero-order chi connectivity index (χ0) is 23.4. The van der Waals surface area contributed by atoms with E-state index in [9.17, 15) is 20.1 Å². The van der Waals surface area contributed by atoms with Crippen LogP contribution in [0.2, 0.25) is 0 Å². The molecule has 3 aromatic rings. The Morgan fingerprint density at radius 2 is 2.03 bits per heavy atom. The van der Waals surface area contributed by atoms with Gasteiger partial charge in [-0.05, 0) is 5.56 Å². The predicted octanol–water partition coefficient (Wildman–Crippen LogP) is 0.625. The average Bonchev–Trinajstić information content (AvgIpc) is 3.35. The lowest BCUT2D eigenvalue weighted by Gasteiger charge is -2.17. The Morgan fingerprint density at radius 3 is 2.73 bits per heavy atom. The summed E-state index contributed by atoms with van der Waals surface area (Å²) in [5, 5.41) is 41.9. The summed E-state index contributed by atoms with van der Waals surface area (Å²) in [7, 11) is 0. The number of carbonyl (C=O) groups excluding carboxylic acids is 1. The minimum atomic E-state index is -1.32. The van der Waals surface area contributed by atoms with Crippen molar-refractivity contribution in [3.05, 3.63) is 42.2 Å². The molecule has 0 unspecified atom stereocenters. The van der Waals surface area contributed by atoms with Gasteiger partial charge in [0.05, 0.1) is 25.4 Å². The van der Waals surface area contributed by atoms with Gasteiger partial charge in [-0.3, -0.25) is 14.7 Å². The van der Waals surface area contributed by atoms with Gasteiger partial charge in [-0.25, -0.2) is 9.97 Å². The Morgan fingerprint density at radius 1 is 1.24 bits per heavy atom. The maximum atomic E-state index is 12.6. The van der Waals surface area contributed by atoms with E-state index in [4.69, 9.17) is 10.00 Å². The van der Waals surface area contributed by atoms with Crippen molar-refractivity contribution in [2.45, 2.75) is 42.4 Å². The number of rotatable bonds is 8. The van der Waals surface area contributed by atoms with Crippen LogP contribution in [-0.4, -0.2) is 71.4 Å². The normalized spacial score (nSPS) is 22.4. The van der Waals surface area contributed by atoms with Gasteiger partial charge in [-0.2, -0.15) is 10.2 Å². The molecule has 1 amide bonds. The van der Waals surface area contributed by atoms with Crippen LogP contribution in [0.3, 0.4) is 0 Å². The Hall–Kier alpha value is -3.08. The second-order valence-electron chi connectivity index (χ2n) is 7.37. The fraction of sp³-hybridized carbons (Fsp3) is 0.381. The van der Waals surface area contributed by atoms with E-state index < -0.39 is 31.1 Å². The number of imidazole rings is 1. The molecule has 11 nitrogen and oxygen atoms in total. The number of aliphatic hydroxyl groups is 3. The summed E-state index contributed by atoms with van der Waals surface area (Å²) in [5.74, 6) is 0.185. The van der Waals surface area contributed by atoms with Gasteiger partial charge >= 0.3 is 0 Å². The van der Waals surface area contributed by atoms with E-state index in [1.165, 1.54) is 22.7 Å². The van der Waals surface area contributed by atoms with Crippen molar-refractivity contribution in [2.75, 3.05) is 17.7 Å². The first-order valence-electron chi connectivity index (χ1n) is 10.2. The molecule has 0 radical (unpaired) electrons. The fourth-order valence-electron chi connectivity index (χ4n) is 3.49. The smallest absolute Gasteiger partial charge is 0.232 e. The number of ether oxygens (including phenoxy) is 1. The summed E-state index contributed by atoms with van der Waals surface area (Å²) in [6, 6.07) is 11.3. The van der Waals surface area contributed by atoms with Crippen molar-refractivity contribution >= 4 is 34.8 Å². The number of anilines is 1. The standard InChI is InChI=1S/C21H22N6O5S/c22-7-4-8-33-19-15-18(27(11-23-15)20-17(31)16(30)13(10-28)32-20)25-21(26-19)24-14(29)9-12-5-2-1-3-6-12/h1-3,5-6,11,13,16-17,20,28,30-31H,4,8-10H2,(H,24,25,26,29)/t13-,16-,17-,20-/m1/s1. The van der Waals surface area contributed by atoms with Gasteiger partial charge in [-0.15, -0.1) is 11.8 Å². The van der Waals surface area contributed by atoms with Crippen LogP contribution in [0.15, 0.2) is 41.7 Å². The van der Waals surface area contributed by atoms with E-state index in [2.05, 4.69) is 26.3 Å². The van der Waals surface area contributed by atoms with Gasteiger partial charge in [0, 0.05) is 12.2 Å². The SMILES string of the molecule is N#CCCSc1nc(NC(=O)Cc2ccccc2)nc2c1ncn2[C@@H]1O[C@H](CO)[C@@H](O)[C@H]1O. The first-order valence-corrected chi connectivity index (χ1v) is 11.2. The number of aliphatic hydroxyl groups excluding tert-OH is 3. The van der Waals surface area contributed by atoms with Crippen LogP contribution in [0.4, 0.5) is 5.95 Å². The van der Waals surface area contributed by atoms with Crippen LogP contribution < -0.4 is 5.32 Å². The zero-order valence-electron chi connectivity index (χ0n) is 17.4. The minimum Gasteiger partial charge on any atom is -0.394 e. The van der Waals surface area contributed by atoms with Crippen molar-refractivity contribution in [2.24, 2.45) is 0 Å². The molecule has 3 heterocycles. The number of nitrogens with zero attached hydrogens (tertiary/aromatic N) is 5. The number of nitrogens with one attached hydrogen (secondary N) is 1. The first-order chi connectivity index (χ1) is 16.0. The van der Waals surface area contributed by atoms with E-state index in [-0.39, 0.29) is 23.9 Å². The molecular weight excluding hydrogens is 448 g/mol. The van der Waals surface area contributed by atoms with Gasteiger partial charge in [0.25, 0.3) is 0 Å². The summed E-state index contributed by atoms with van der Waals surface area (Å²) < 4.78 is 7.03. The minimum absolute atomic E-state index is 0.0383. The largest absolute Gasteiger partial charge is 0.394 e. The van der Waals surface area contributed by atoms with Crippen LogP contribution in [0.1, 0.15) is 18.2 Å². The molecular formula is C21H22N6O5S. The van der Waals surface area contributed by atoms with E-state index >= 15 is 0 Å². The van der Waals surface area contributed by atoms with Crippen molar-refractivity contribution in [3.8, 4) is 6.07 Å². The lowest BCUT2D eigenvalue weighted by Crippen LogP contribution is -2.33. The van der Waals surface area contributed by atoms with Crippen LogP contribution in [0.5, 0.6) is 0 Å². The predicted molar refractivity (Wildman–Crippen MR) is 118 cm³/mol. The molecule has 4 N–H and O–H groups in total. The van der Waals surface area contributed by atoms with Crippen molar-refractivity contribution in [1.29, 1.82) is 5.26 Å². The van der Waals surface area contributed by atoms with E-state index in [1.54, 1.807) is 0 Å². The molecule has 0 bridgehead atoms. The Bertz CT molecular complexity index is 1170. The average molecular weight is 471 g/mol. The number of carbonyl (C=O) groups is 1. The van der Waals surface area contributed by atoms with Gasteiger partial charge in [0.2, 0.25) is 11.9 Å². The molecule has 1 saturated heterocycles. The zero-order valence-corrected chi connectivity index (χ0v) is 18.2. The van der Waals surface area contributed by atoms with Gasteiger partial charge < -0.3 is 20.1 Å². The van der Waals surface area contributed by atoms with E-state index in [0.29, 0.717) is 22.7 Å². The lowest BCUT2D eigenvalue weighted by molar-refractivity contribution is -0.115. The van der Waals surface area contributed by atoms with Crippen LogP contribution in [0.25, 0.3) is 11.2 Å². The number of benzene rings is 1. The highest BCUT2D eigenvalue weighted by atomic mass is 32.2. The van der Waals surface area contributed by atoms with Crippen LogP contribution in [0, 0.1) is 11.3 Å². The van der Waals surface area contributed by atoms with Gasteiger partial charge in [0.15, 0.2) is 11.9 Å². The molecule has 172 valence electrons. The van der Waals surface area contributed by atoms with Gasteiger partial charge in [-0.1, -0.05) is 30.3 Å². The number of thioether (sulfide) groups is 1. The van der Waals surface area contributed by atoms with Gasteiger partial charge in [0.1, 0.15) is 28.9 Å². The molecule has 1 aromatic carbocycles. The van der Waals surface area contributed by atoms with Crippen molar-refractivity contribution in [3.63, 3.8) is 0 Å². The highest BCUT2D eigenvalue weighted by Crippen LogP contribution is 2.33. The molecule has 2 aromatic heterocycles. The molecule has 12 heteroatoms. The molecule has 4 rings (SSSR count). The lowest BCUT2D eigenvalue weighted by atomic mass is 10.1. The first kappa shape index (κ1) is 23.1. The highest BCUT2D eigenvalue weighted by Gasteiger charge is 2.44. The Labute approximate surface area is 193 Å². The number of fused-ring (bicyclic) bond motifs is 1. The second kappa shape index (κ2) is 10.2. The quantitative estimate of drug-likeness (QED) is 0.208. The van der Waals surface area contributed by atoms with Crippen molar-refractivity contribution < 1.29 is 24.9 Å². The molecule has 0 spiro atoms. The Kier molecular flexibility index (Phi) is 7.17. The maximum Gasteiger partial charge on any atom is 0.232 e. The summed E-state index contributed by atoms with van der Waals surface area (Å²) in [6.45, 7) is -0.466. The summed E-state index contributed by atoms with van der Waals surface area (Å²) in [4.78, 5) is 25.7. The van der Waals surface area contributed by atoms with E-state index in [0.717, 1.165) is 5.56 Å². The molecule has 1 aliphatic heterocycles. The summed E-state index contributed by atoms with van der Waals surface area (Å²) in [6.07, 6.45) is -2.78. The molecule has 1 fully saturated rings. The molecule has 0 aliphatic carbocycles. The fourth-order valence-corrected chi connectivity index (χ4v) is 4.31. The molecule has 0 saturated carbocycles. The molecule has 33 heavy (non-hydrogen) atoms. The monoisotopic (exact) mass is 470 g/mol. The second-order valence-corrected chi connectivity index (χ2v) is 8.46. The number of aromatic nitrogens is 4. The highest BCUT2D eigenvalue weighted by molar-refractivity contribution is 7.99. The molecule has 1 aliphatic rings. The number of hydrogen-bond donors (Lipinski definition) is 4. The number of hydrogen-bond acceptors (Lipinski definition) is 10. The third-order valence-corrected chi connectivity index (χ3v) is 6.06. The van der Waals surface area contributed by atoms with E-state index in [1.807, 2.05) is 30.3 Å². The Balaban J connectivity index is 1.66. The maximum absolute atomic E-state index is 12.6. The summed E-state index contributed by atoms with van der Waals surface area (Å²) in [5.41, 5.74) is 1.50. The third-order valence-electron chi connectivity index (χ3n) is 5.09. The number of nitriles is 1. The van der Waals surface area contributed by atoms with Crippen LogP contribution >= 0.6 is 11.8 Å². The number of amides is 1. The summed E-state index contributed by atoms with van der Waals surface area (Å²) >= 11 is 1.29. The third kappa shape index (κ3) is 4.97. The van der Waals surface area contributed by atoms with Crippen LogP contribution in [-0.2, 0) is 16.0 Å². The molecule has 4 atom stereocenters. The van der Waals surface area contributed by atoms with Crippen molar-refractivity contribution in [1.82, 2.24) is 19.5 Å².